The standard InChI is InChI=1S/C29H24F2N4O2/c30-23-10-11-25(26(31)16-23)27-18-33-29(37-27)13-12-28(36)32-17-22-4-1-2-5-24(22)21-8-6-20(7-9-21)19-35-15-3-14-34-35/h1-11,14-16,18H,12-13,17,19H2,(H,32,36). The highest BCUT2D eigenvalue weighted by Crippen LogP contribution is 2.26. The van der Waals surface area contributed by atoms with Gasteiger partial charge in [-0.15, -0.1) is 0 Å². The Hall–Kier alpha value is -4.59. The van der Waals surface area contributed by atoms with Crippen LogP contribution < -0.4 is 5.32 Å². The van der Waals surface area contributed by atoms with Crippen LogP contribution >= 0.6 is 0 Å². The smallest absolute Gasteiger partial charge is 0.220 e. The number of oxazole rings is 1. The minimum absolute atomic E-state index is 0.121. The van der Waals surface area contributed by atoms with Crippen LogP contribution in [0.1, 0.15) is 23.4 Å². The van der Waals surface area contributed by atoms with E-state index in [1.807, 2.05) is 41.2 Å². The lowest BCUT2D eigenvalue weighted by molar-refractivity contribution is -0.121. The first-order valence-electron chi connectivity index (χ1n) is 11.9. The molecule has 0 bridgehead atoms. The Morgan fingerprint density at radius 3 is 2.59 bits per heavy atom. The quantitative estimate of drug-likeness (QED) is 0.280. The minimum atomic E-state index is -0.730. The molecule has 6 nitrogen and oxygen atoms in total. The molecule has 0 saturated heterocycles. The van der Waals surface area contributed by atoms with E-state index in [2.05, 4.69) is 39.7 Å². The zero-order valence-corrected chi connectivity index (χ0v) is 19.9. The topological polar surface area (TPSA) is 73.0 Å². The molecule has 2 heterocycles. The van der Waals surface area contributed by atoms with E-state index in [9.17, 15) is 13.6 Å². The molecule has 0 fully saturated rings. The average Bonchev–Trinajstić information content (AvgIpc) is 3.59. The molecule has 0 saturated carbocycles. The number of nitrogens with one attached hydrogen (secondary N) is 1. The summed E-state index contributed by atoms with van der Waals surface area (Å²) in [6.07, 6.45) is 5.48. The third-order valence-corrected chi connectivity index (χ3v) is 5.98. The summed E-state index contributed by atoms with van der Waals surface area (Å²) < 4.78 is 34.6. The lowest BCUT2D eigenvalue weighted by Crippen LogP contribution is -2.23. The van der Waals surface area contributed by atoms with Crippen molar-refractivity contribution in [3.63, 3.8) is 0 Å². The van der Waals surface area contributed by atoms with Crippen molar-refractivity contribution in [2.24, 2.45) is 0 Å². The lowest BCUT2D eigenvalue weighted by atomic mass is 9.98. The van der Waals surface area contributed by atoms with Crippen molar-refractivity contribution in [2.75, 3.05) is 0 Å². The van der Waals surface area contributed by atoms with Gasteiger partial charge in [-0.1, -0.05) is 48.5 Å². The molecule has 0 aliphatic heterocycles. The van der Waals surface area contributed by atoms with Gasteiger partial charge in [0.05, 0.1) is 18.3 Å². The molecule has 186 valence electrons. The summed E-state index contributed by atoms with van der Waals surface area (Å²) in [5, 5.41) is 7.19. The van der Waals surface area contributed by atoms with Crippen LogP contribution in [0.2, 0.25) is 0 Å². The molecule has 5 aromatic rings. The van der Waals surface area contributed by atoms with Crippen molar-refractivity contribution in [3.8, 4) is 22.5 Å². The van der Waals surface area contributed by atoms with Gasteiger partial charge in [-0.25, -0.2) is 13.8 Å². The van der Waals surface area contributed by atoms with Gasteiger partial charge < -0.3 is 9.73 Å². The number of hydrogen-bond acceptors (Lipinski definition) is 4. The van der Waals surface area contributed by atoms with Crippen molar-refractivity contribution in [1.29, 1.82) is 0 Å². The van der Waals surface area contributed by atoms with E-state index < -0.39 is 11.6 Å². The first-order valence-corrected chi connectivity index (χ1v) is 11.9. The van der Waals surface area contributed by atoms with Crippen LogP contribution in [-0.2, 0) is 24.3 Å². The van der Waals surface area contributed by atoms with Crippen LogP contribution in [-0.4, -0.2) is 20.7 Å². The molecule has 3 aromatic carbocycles. The normalized spacial score (nSPS) is 11.0. The Morgan fingerprint density at radius 1 is 0.973 bits per heavy atom. The number of aromatic nitrogens is 3. The molecule has 0 atom stereocenters. The Bertz CT molecular complexity index is 1490. The van der Waals surface area contributed by atoms with E-state index in [0.717, 1.165) is 34.4 Å². The molecule has 0 aliphatic rings. The second-order valence-corrected chi connectivity index (χ2v) is 8.58. The Morgan fingerprint density at radius 2 is 1.81 bits per heavy atom. The lowest BCUT2D eigenvalue weighted by Gasteiger charge is -2.12. The van der Waals surface area contributed by atoms with Crippen molar-refractivity contribution in [3.05, 3.63) is 120 Å². The SMILES string of the molecule is O=C(CCc1ncc(-c2ccc(F)cc2F)o1)NCc1ccccc1-c1ccc(Cn2cccn2)cc1. The summed E-state index contributed by atoms with van der Waals surface area (Å²) in [6, 6.07) is 21.4. The number of benzene rings is 3. The van der Waals surface area contributed by atoms with Gasteiger partial charge in [0.15, 0.2) is 11.7 Å². The number of carbonyl (C=O) groups is 1. The third-order valence-electron chi connectivity index (χ3n) is 5.98. The maximum atomic E-state index is 14.0. The fourth-order valence-electron chi connectivity index (χ4n) is 4.07. The highest BCUT2D eigenvalue weighted by molar-refractivity contribution is 5.76. The average molecular weight is 499 g/mol. The number of nitrogens with zero attached hydrogens (tertiary/aromatic N) is 3. The maximum absolute atomic E-state index is 14.0. The number of carbonyl (C=O) groups excluding carboxylic acids is 1. The summed E-state index contributed by atoms with van der Waals surface area (Å²) in [5.74, 6) is -1.05. The summed E-state index contributed by atoms with van der Waals surface area (Å²) in [4.78, 5) is 16.6. The van der Waals surface area contributed by atoms with E-state index >= 15 is 0 Å². The van der Waals surface area contributed by atoms with E-state index in [1.165, 1.54) is 12.3 Å². The van der Waals surface area contributed by atoms with Gasteiger partial charge in [0.2, 0.25) is 5.91 Å². The number of halogens is 2. The Labute approximate surface area is 212 Å². The van der Waals surface area contributed by atoms with Gasteiger partial charge in [-0.05, 0) is 40.5 Å². The minimum Gasteiger partial charge on any atom is -0.441 e. The van der Waals surface area contributed by atoms with E-state index in [4.69, 9.17) is 4.42 Å². The van der Waals surface area contributed by atoms with Crippen LogP contribution in [0.15, 0.2) is 95.8 Å². The summed E-state index contributed by atoms with van der Waals surface area (Å²) in [5.41, 5.74) is 4.38. The molecular formula is C29H24F2N4O2. The molecule has 2 aromatic heterocycles. The van der Waals surface area contributed by atoms with Gasteiger partial charge in [-0.2, -0.15) is 5.10 Å². The molecule has 0 aliphatic carbocycles. The monoisotopic (exact) mass is 498 g/mol. The van der Waals surface area contributed by atoms with Gasteiger partial charge in [0, 0.05) is 37.8 Å². The van der Waals surface area contributed by atoms with Crippen molar-refractivity contribution >= 4 is 5.91 Å². The number of aryl methyl sites for hydroxylation is 1. The molecule has 8 heteroatoms. The second-order valence-electron chi connectivity index (χ2n) is 8.58. The Kier molecular flexibility index (Phi) is 7.16. The van der Waals surface area contributed by atoms with Crippen LogP contribution in [0.5, 0.6) is 0 Å². The molecule has 0 radical (unpaired) electrons. The largest absolute Gasteiger partial charge is 0.441 e. The van der Waals surface area contributed by atoms with Crippen LogP contribution in [0, 0.1) is 11.6 Å². The number of hydrogen-bond donors (Lipinski definition) is 1. The third kappa shape index (κ3) is 5.98. The molecule has 0 spiro atoms. The Balaban J connectivity index is 1.17. The predicted molar refractivity (Wildman–Crippen MR) is 135 cm³/mol. The van der Waals surface area contributed by atoms with Gasteiger partial charge in [0.25, 0.3) is 0 Å². The van der Waals surface area contributed by atoms with Crippen LogP contribution in [0.25, 0.3) is 22.5 Å². The molecule has 37 heavy (non-hydrogen) atoms. The van der Waals surface area contributed by atoms with Crippen LogP contribution in [0.3, 0.4) is 0 Å². The summed E-state index contributed by atoms with van der Waals surface area (Å²) in [7, 11) is 0. The summed E-state index contributed by atoms with van der Waals surface area (Å²) >= 11 is 0. The van der Waals surface area contributed by atoms with Crippen molar-refractivity contribution in [1.82, 2.24) is 20.1 Å². The first-order chi connectivity index (χ1) is 18.0. The molecule has 0 unspecified atom stereocenters. The molecule has 1 amide bonds. The fourth-order valence-corrected chi connectivity index (χ4v) is 4.07. The van der Waals surface area contributed by atoms with E-state index in [-0.39, 0.29) is 30.1 Å². The molecule has 5 rings (SSSR count). The van der Waals surface area contributed by atoms with E-state index in [1.54, 1.807) is 6.20 Å². The van der Waals surface area contributed by atoms with Crippen molar-refractivity contribution in [2.45, 2.75) is 25.9 Å². The highest BCUT2D eigenvalue weighted by atomic mass is 19.1. The number of amides is 1. The second kappa shape index (κ2) is 11.0. The maximum Gasteiger partial charge on any atom is 0.220 e. The highest BCUT2D eigenvalue weighted by Gasteiger charge is 2.13. The van der Waals surface area contributed by atoms with Gasteiger partial charge >= 0.3 is 0 Å². The van der Waals surface area contributed by atoms with Crippen LogP contribution in [0.4, 0.5) is 8.78 Å². The molecule has 1 N–H and O–H groups in total. The predicted octanol–water partition coefficient (Wildman–Crippen LogP) is 5.78. The van der Waals surface area contributed by atoms with Crippen molar-refractivity contribution < 1.29 is 18.0 Å². The number of rotatable bonds is 9. The van der Waals surface area contributed by atoms with E-state index in [0.29, 0.717) is 19.0 Å². The molecular weight excluding hydrogens is 474 g/mol. The summed E-state index contributed by atoms with van der Waals surface area (Å²) in [6.45, 7) is 1.08. The zero-order chi connectivity index (χ0) is 25.6. The first kappa shape index (κ1) is 24.1. The van der Waals surface area contributed by atoms with Gasteiger partial charge in [0.1, 0.15) is 11.6 Å². The zero-order valence-electron chi connectivity index (χ0n) is 19.9. The fraction of sp³-hybridized carbons (Fsp3) is 0.138. The van der Waals surface area contributed by atoms with Gasteiger partial charge in [-0.3, -0.25) is 9.48 Å².